The number of amides is 1. The van der Waals surface area contributed by atoms with Crippen LogP contribution in [0.2, 0.25) is 0 Å². The zero-order valence-electron chi connectivity index (χ0n) is 16.4. The Morgan fingerprint density at radius 1 is 1.03 bits per heavy atom. The molecule has 0 bridgehead atoms. The van der Waals surface area contributed by atoms with E-state index in [-0.39, 0.29) is 17.2 Å². The number of aliphatic hydroxyl groups is 1. The molecule has 32 heavy (non-hydrogen) atoms. The second kappa shape index (κ2) is 8.54. The van der Waals surface area contributed by atoms with Crippen LogP contribution in [-0.4, -0.2) is 39.5 Å². The summed E-state index contributed by atoms with van der Waals surface area (Å²) in [4.78, 5) is 21.3. The SMILES string of the molecule is O=C(N[C@H]1CC[C@H]1O)c1cc(-c2ccc(OC(F)(F)F)cc2)nc(-c2cccc(F)c2)n1. The van der Waals surface area contributed by atoms with E-state index in [4.69, 9.17) is 0 Å². The maximum Gasteiger partial charge on any atom is 0.573 e. The largest absolute Gasteiger partial charge is 0.573 e. The van der Waals surface area contributed by atoms with Crippen molar-refractivity contribution in [3.8, 4) is 28.4 Å². The molecular formula is C22H17F4N3O3. The van der Waals surface area contributed by atoms with E-state index in [1.807, 2.05) is 0 Å². The van der Waals surface area contributed by atoms with E-state index >= 15 is 0 Å². The minimum Gasteiger partial charge on any atom is -0.406 e. The average molecular weight is 447 g/mol. The molecule has 0 saturated heterocycles. The number of carbonyl (C=O) groups excluding carboxylic acids is 1. The van der Waals surface area contributed by atoms with Crippen LogP contribution in [0.15, 0.2) is 54.6 Å². The van der Waals surface area contributed by atoms with Crippen molar-refractivity contribution in [1.29, 1.82) is 0 Å². The highest BCUT2D eigenvalue weighted by molar-refractivity contribution is 5.94. The van der Waals surface area contributed by atoms with Crippen LogP contribution in [0.1, 0.15) is 23.3 Å². The number of ether oxygens (including phenoxy) is 1. The molecule has 0 aliphatic heterocycles. The third kappa shape index (κ3) is 5.02. The molecule has 1 heterocycles. The first kappa shape index (κ1) is 21.7. The fraction of sp³-hybridized carbons (Fsp3) is 0.227. The number of alkyl halides is 3. The van der Waals surface area contributed by atoms with Crippen LogP contribution in [-0.2, 0) is 0 Å². The Morgan fingerprint density at radius 3 is 2.38 bits per heavy atom. The van der Waals surface area contributed by atoms with Gasteiger partial charge in [-0.3, -0.25) is 4.79 Å². The Hall–Kier alpha value is -3.53. The van der Waals surface area contributed by atoms with Crippen molar-refractivity contribution < 1.29 is 32.2 Å². The van der Waals surface area contributed by atoms with Crippen molar-refractivity contribution in [3.63, 3.8) is 0 Å². The van der Waals surface area contributed by atoms with Crippen LogP contribution in [0.5, 0.6) is 5.75 Å². The number of benzene rings is 2. The van der Waals surface area contributed by atoms with E-state index in [1.165, 1.54) is 36.4 Å². The van der Waals surface area contributed by atoms with Gasteiger partial charge < -0.3 is 15.2 Å². The van der Waals surface area contributed by atoms with Gasteiger partial charge in [0.2, 0.25) is 0 Å². The molecule has 4 rings (SSSR count). The molecule has 0 radical (unpaired) electrons. The van der Waals surface area contributed by atoms with E-state index in [2.05, 4.69) is 20.0 Å². The topological polar surface area (TPSA) is 84.3 Å². The molecule has 6 nitrogen and oxygen atoms in total. The molecule has 2 atom stereocenters. The van der Waals surface area contributed by atoms with Gasteiger partial charge in [0.15, 0.2) is 5.82 Å². The van der Waals surface area contributed by atoms with Crippen LogP contribution >= 0.6 is 0 Å². The maximum absolute atomic E-state index is 13.7. The van der Waals surface area contributed by atoms with Gasteiger partial charge in [-0.15, -0.1) is 13.2 Å². The van der Waals surface area contributed by atoms with Crippen LogP contribution in [0, 0.1) is 5.82 Å². The Balaban J connectivity index is 1.70. The van der Waals surface area contributed by atoms with Gasteiger partial charge >= 0.3 is 6.36 Å². The second-order valence-corrected chi connectivity index (χ2v) is 7.27. The summed E-state index contributed by atoms with van der Waals surface area (Å²) < 4.78 is 54.8. The minimum absolute atomic E-state index is 0.0241. The summed E-state index contributed by atoms with van der Waals surface area (Å²) >= 11 is 0. The number of nitrogens with zero attached hydrogens (tertiary/aromatic N) is 2. The van der Waals surface area contributed by atoms with E-state index in [1.54, 1.807) is 6.07 Å². The lowest BCUT2D eigenvalue weighted by Crippen LogP contribution is -2.50. The molecule has 1 fully saturated rings. The van der Waals surface area contributed by atoms with E-state index < -0.39 is 36.0 Å². The van der Waals surface area contributed by atoms with Gasteiger partial charge in [0, 0.05) is 11.1 Å². The third-order valence-electron chi connectivity index (χ3n) is 4.98. The molecule has 1 amide bonds. The summed E-state index contributed by atoms with van der Waals surface area (Å²) in [6.07, 6.45) is -4.24. The molecular weight excluding hydrogens is 430 g/mol. The van der Waals surface area contributed by atoms with Crippen molar-refractivity contribution in [3.05, 3.63) is 66.1 Å². The highest BCUT2D eigenvalue weighted by atomic mass is 19.4. The predicted molar refractivity (Wildman–Crippen MR) is 106 cm³/mol. The molecule has 1 aliphatic carbocycles. The first-order valence-corrected chi connectivity index (χ1v) is 9.68. The van der Waals surface area contributed by atoms with E-state index in [0.717, 1.165) is 12.1 Å². The fourth-order valence-corrected chi connectivity index (χ4v) is 3.19. The summed E-state index contributed by atoms with van der Waals surface area (Å²) in [5.41, 5.74) is 0.944. The van der Waals surface area contributed by atoms with Crippen LogP contribution < -0.4 is 10.1 Å². The molecule has 0 unspecified atom stereocenters. The van der Waals surface area contributed by atoms with Crippen LogP contribution in [0.3, 0.4) is 0 Å². The number of aliphatic hydroxyl groups excluding tert-OH is 1. The molecule has 0 spiro atoms. The minimum atomic E-state index is -4.82. The Bertz CT molecular complexity index is 1140. The quantitative estimate of drug-likeness (QED) is 0.576. The summed E-state index contributed by atoms with van der Waals surface area (Å²) in [6, 6.07) is 11.4. The van der Waals surface area contributed by atoms with Crippen molar-refractivity contribution in [2.24, 2.45) is 0 Å². The number of halogens is 4. The predicted octanol–water partition coefficient (Wildman–Crippen LogP) is 4.10. The average Bonchev–Trinajstić information content (AvgIpc) is 2.75. The fourth-order valence-electron chi connectivity index (χ4n) is 3.19. The first-order valence-electron chi connectivity index (χ1n) is 9.68. The van der Waals surface area contributed by atoms with Crippen molar-refractivity contribution >= 4 is 5.91 Å². The highest BCUT2D eigenvalue weighted by Gasteiger charge is 2.32. The number of hydrogen-bond acceptors (Lipinski definition) is 5. The molecule has 1 saturated carbocycles. The van der Waals surface area contributed by atoms with Crippen molar-refractivity contribution in [1.82, 2.24) is 15.3 Å². The Labute approximate surface area is 179 Å². The Morgan fingerprint density at radius 2 is 1.78 bits per heavy atom. The smallest absolute Gasteiger partial charge is 0.406 e. The van der Waals surface area contributed by atoms with Crippen molar-refractivity contribution in [2.45, 2.75) is 31.3 Å². The zero-order valence-corrected chi connectivity index (χ0v) is 16.4. The highest BCUT2D eigenvalue weighted by Crippen LogP contribution is 2.28. The van der Waals surface area contributed by atoms with Gasteiger partial charge in [-0.1, -0.05) is 12.1 Å². The van der Waals surface area contributed by atoms with Gasteiger partial charge in [0.05, 0.1) is 17.8 Å². The van der Waals surface area contributed by atoms with Crippen LogP contribution in [0.25, 0.3) is 22.6 Å². The van der Waals surface area contributed by atoms with Gasteiger partial charge in [-0.2, -0.15) is 0 Å². The number of aromatic nitrogens is 2. The molecule has 1 aromatic heterocycles. The second-order valence-electron chi connectivity index (χ2n) is 7.27. The molecule has 2 N–H and O–H groups in total. The number of nitrogens with one attached hydrogen (secondary N) is 1. The lowest BCUT2D eigenvalue weighted by Gasteiger charge is -2.32. The first-order chi connectivity index (χ1) is 15.2. The van der Waals surface area contributed by atoms with Gasteiger partial charge in [0.25, 0.3) is 5.91 Å². The van der Waals surface area contributed by atoms with Gasteiger partial charge in [-0.25, -0.2) is 14.4 Å². The lowest BCUT2D eigenvalue weighted by molar-refractivity contribution is -0.274. The molecule has 1 aliphatic rings. The van der Waals surface area contributed by atoms with Gasteiger partial charge in [0.1, 0.15) is 17.3 Å². The normalized spacial score (nSPS) is 18.0. The summed E-state index contributed by atoms with van der Waals surface area (Å²) in [5.74, 6) is -1.41. The monoisotopic (exact) mass is 447 g/mol. The standard InChI is InChI=1S/C22H17F4N3O3/c23-14-3-1-2-13(10-14)20-27-17(12-4-6-15(7-5-12)32-22(24,25)26)11-18(28-20)21(31)29-16-8-9-19(16)30/h1-7,10-11,16,19,30H,8-9H2,(H,29,31)/t16-,19+/m0/s1. The molecule has 166 valence electrons. The molecule has 3 aromatic rings. The summed E-state index contributed by atoms with van der Waals surface area (Å²) in [7, 11) is 0. The number of carbonyl (C=O) groups is 1. The molecule has 10 heteroatoms. The van der Waals surface area contributed by atoms with Crippen LogP contribution in [0.4, 0.5) is 17.6 Å². The Kier molecular flexibility index (Phi) is 5.79. The van der Waals surface area contributed by atoms with Crippen molar-refractivity contribution in [2.75, 3.05) is 0 Å². The zero-order chi connectivity index (χ0) is 22.9. The third-order valence-corrected chi connectivity index (χ3v) is 4.98. The number of rotatable bonds is 5. The summed E-state index contributed by atoms with van der Waals surface area (Å²) in [5, 5.41) is 12.4. The maximum atomic E-state index is 13.7. The van der Waals surface area contributed by atoms with E-state index in [9.17, 15) is 27.5 Å². The lowest BCUT2D eigenvalue weighted by atomic mass is 9.89. The number of hydrogen-bond donors (Lipinski definition) is 2. The summed E-state index contributed by atoms with van der Waals surface area (Å²) in [6.45, 7) is 0. The van der Waals surface area contributed by atoms with Gasteiger partial charge in [-0.05, 0) is 55.3 Å². The van der Waals surface area contributed by atoms with E-state index in [0.29, 0.717) is 24.0 Å². The molecule has 2 aromatic carbocycles.